The predicted molar refractivity (Wildman–Crippen MR) is 97.4 cm³/mol. The van der Waals surface area contributed by atoms with Crippen LogP contribution in [0.3, 0.4) is 0 Å². The van der Waals surface area contributed by atoms with Crippen molar-refractivity contribution < 1.29 is 28.7 Å². The summed E-state index contributed by atoms with van der Waals surface area (Å²) in [5.41, 5.74) is -0.846. The Bertz CT molecular complexity index is 836. The fourth-order valence-electron chi connectivity index (χ4n) is 2.28. The number of benzene rings is 1. The first-order chi connectivity index (χ1) is 12.9. The second kappa shape index (κ2) is 8.99. The van der Waals surface area contributed by atoms with E-state index in [2.05, 4.69) is 5.32 Å². The Morgan fingerprint density at radius 3 is 2.48 bits per heavy atom. The van der Waals surface area contributed by atoms with Crippen LogP contribution in [0, 0.1) is 10.1 Å². The van der Waals surface area contributed by atoms with Crippen LogP contribution in [0.15, 0.2) is 29.6 Å². The van der Waals surface area contributed by atoms with Crippen LogP contribution in [0.2, 0.25) is 0 Å². The van der Waals surface area contributed by atoms with Crippen molar-refractivity contribution in [1.82, 2.24) is 5.32 Å². The molecule has 0 aliphatic carbocycles. The zero-order valence-corrected chi connectivity index (χ0v) is 15.7. The maximum absolute atomic E-state index is 12.3. The summed E-state index contributed by atoms with van der Waals surface area (Å²) in [7, 11) is 2.65. The quantitative estimate of drug-likeness (QED) is 0.415. The molecule has 10 heteroatoms. The van der Waals surface area contributed by atoms with Crippen LogP contribution in [-0.2, 0) is 9.53 Å². The summed E-state index contributed by atoms with van der Waals surface area (Å²) in [6.07, 6.45) is 0. The number of nitrogens with one attached hydrogen (secondary N) is 1. The van der Waals surface area contributed by atoms with Crippen LogP contribution in [0.1, 0.15) is 28.2 Å². The zero-order valence-electron chi connectivity index (χ0n) is 14.9. The van der Waals surface area contributed by atoms with E-state index < -0.39 is 29.1 Å². The number of ether oxygens (including phenoxy) is 3. The Morgan fingerprint density at radius 2 is 1.93 bits per heavy atom. The Morgan fingerprint density at radius 1 is 1.26 bits per heavy atom. The molecular weight excluding hydrogens is 376 g/mol. The van der Waals surface area contributed by atoms with E-state index in [1.165, 1.54) is 25.6 Å². The maximum Gasteiger partial charge on any atom is 0.345 e. The minimum atomic E-state index is -1.01. The molecule has 1 heterocycles. The fourth-order valence-corrected chi connectivity index (χ4v) is 3.02. The molecule has 0 bridgehead atoms. The molecule has 0 fully saturated rings. The topological polar surface area (TPSA) is 117 Å². The molecule has 9 nitrogen and oxygen atoms in total. The standard InChI is InChI=1S/C17H18N2O7S/c1-10(15-5-4-6-27-15)18-16(20)9-26-17(21)11-7-13(24-2)14(25-3)8-12(11)19(22)23/h4-8,10H,9H2,1-3H3,(H,18,20)/t10-/m1/s1. The number of hydrogen-bond donors (Lipinski definition) is 1. The highest BCUT2D eigenvalue weighted by atomic mass is 32.1. The summed E-state index contributed by atoms with van der Waals surface area (Å²) in [5, 5.41) is 15.8. The molecule has 0 spiro atoms. The number of nitrogens with zero attached hydrogens (tertiary/aromatic N) is 1. The SMILES string of the molecule is COc1cc(C(=O)OCC(=O)N[C@H](C)c2cccs2)c([N+](=O)[O-])cc1OC. The third kappa shape index (κ3) is 4.94. The largest absolute Gasteiger partial charge is 0.493 e. The summed E-state index contributed by atoms with van der Waals surface area (Å²) in [5.74, 6) is -1.30. The minimum Gasteiger partial charge on any atom is -0.493 e. The van der Waals surface area contributed by atoms with Crippen molar-refractivity contribution in [3.63, 3.8) is 0 Å². The number of carbonyl (C=O) groups excluding carboxylic acids is 2. The molecule has 0 aliphatic heterocycles. The van der Waals surface area contributed by atoms with Crippen LogP contribution in [0.25, 0.3) is 0 Å². The lowest BCUT2D eigenvalue weighted by atomic mass is 10.1. The maximum atomic E-state index is 12.3. The third-order valence-electron chi connectivity index (χ3n) is 3.60. The zero-order chi connectivity index (χ0) is 20.0. The third-order valence-corrected chi connectivity index (χ3v) is 4.66. The fraction of sp³-hybridized carbons (Fsp3) is 0.294. The van der Waals surface area contributed by atoms with E-state index in [1.54, 1.807) is 6.92 Å². The predicted octanol–water partition coefficient (Wildman–Crippen LogP) is 2.71. The van der Waals surface area contributed by atoms with Gasteiger partial charge in [0.05, 0.1) is 31.3 Å². The highest BCUT2D eigenvalue weighted by Crippen LogP contribution is 2.34. The normalized spacial score (nSPS) is 11.4. The lowest BCUT2D eigenvalue weighted by Crippen LogP contribution is -2.30. The number of rotatable bonds is 8. The molecular formula is C17H18N2O7S. The molecule has 1 N–H and O–H groups in total. The molecule has 27 heavy (non-hydrogen) atoms. The number of nitro groups is 1. The molecule has 0 radical (unpaired) electrons. The molecule has 1 atom stereocenters. The Labute approximate surface area is 159 Å². The molecule has 2 rings (SSSR count). The van der Waals surface area contributed by atoms with Gasteiger partial charge in [-0.15, -0.1) is 11.3 Å². The Balaban J connectivity index is 2.08. The lowest BCUT2D eigenvalue weighted by Gasteiger charge is -2.13. The molecule has 0 unspecified atom stereocenters. The number of amides is 1. The monoisotopic (exact) mass is 394 g/mol. The number of esters is 1. The van der Waals surface area contributed by atoms with E-state index in [-0.39, 0.29) is 23.1 Å². The van der Waals surface area contributed by atoms with E-state index in [0.29, 0.717) is 0 Å². The van der Waals surface area contributed by atoms with Crippen molar-refractivity contribution in [2.75, 3.05) is 20.8 Å². The number of methoxy groups -OCH3 is 2. The Hall–Kier alpha value is -3.14. The molecule has 1 aromatic carbocycles. The summed E-state index contributed by atoms with van der Waals surface area (Å²) >= 11 is 1.48. The van der Waals surface area contributed by atoms with Gasteiger partial charge in [0.2, 0.25) is 0 Å². The highest BCUT2D eigenvalue weighted by Gasteiger charge is 2.26. The van der Waals surface area contributed by atoms with Gasteiger partial charge in [-0.05, 0) is 18.4 Å². The van der Waals surface area contributed by atoms with Crippen molar-refractivity contribution in [2.45, 2.75) is 13.0 Å². The van der Waals surface area contributed by atoms with Crippen LogP contribution in [0.5, 0.6) is 11.5 Å². The van der Waals surface area contributed by atoms with E-state index in [0.717, 1.165) is 17.0 Å². The van der Waals surface area contributed by atoms with Crippen LogP contribution in [0.4, 0.5) is 5.69 Å². The molecule has 0 saturated heterocycles. The van der Waals surface area contributed by atoms with E-state index in [9.17, 15) is 19.7 Å². The Kier molecular flexibility index (Phi) is 6.72. The van der Waals surface area contributed by atoms with Gasteiger partial charge in [0, 0.05) is 10.9 Å². The van der Waals surface area contributed by atoms with Gasteiger partial charge in [-0.25, -0.2) is 4.79 Å². The average molecular weight is 394 g/mol. The van der Waals surface area contributed by atoms with Gasteiger partial charge in [0.1, 0.15) is 5.56 Å². The molecule has 144 valence electrons. The number of thiophene rings is 1. The first-order valence-corrected chi connectivity index (χ1v) is 8.65. The number of carbonyl (C=O) groups is 2. The summed E-state index contributed by atoms with van der Waals surface area (Å²) in [6.45, 7) is 1.23. The van der Waals surface area contributed by atoms with Crippen molar-refractivity contribution in [3.05, 3.63) is 50.2 Å². The van der Waals surface area contributed by atoms with Gasteiger partial charge in [-0.3, -0.25) is 14.9 Å². The smallest absolute Gasteiger partial charge is 0.345 e. The summed E-state index contributed by atoms with van der Waals surface area (Å²) in [6, 6.07) is 5.69. The van der Waals surface area contributed by atoms with E-state index >= 15 is 0 Å². The van der Waals surface area contributed by atoms with Crippen LogP contribution >= 0.6 is 11.3 Å². The van der Waals surface area contributed by atoms with Gasteiger partial charge in [0.15, 0.2) is 18.1 Å². The molecule has 2 aromatic rings. The second-order valence-electron chi connectivity index (χ2n) is 5.36. The van der Waals surface area contributed by atoms with E-state index in [4.69, 9.17) is 14.2 Å². The number of nitro benzene ring substituents is 1. The summed E-state index contributed by atoms with van der Waals surface area (Å²) in [4.78, 5) is 35.7. The average Bonchev–Trinajstić information content (AvgIpc) is 3.19. The van der Waals surface area contributed by atoms with Gasteiger partial charge >= 0.3 is 5.97 Å². The van der Waals surface area contributed by atoms with Crippen molar-refractivity contribution in [2.24, 2.45) is 0 Å². The van der Waals surface area contributed by atoms with Gasteiger partial charge < -0.3 is 19.5 Å². The number of hydrogen-bond acceptors (Lipinski definition) is 8. The van der Waals surface area contributed by atoms with Crippen molar-refractivity contribution >= 4 is 28.9 Å². The first-order valence-electron chi connectivity index (χ1n) is 7.77. The molecule has 1 aromatic heterocycles. The van der Waals surface area contributed by atoms with Crippen LogP contribution in [-0.4, -0.2) is 37.6 Å². The molecule has 1 amide bonds. The van der Waals surface area contributed by atoms with Gasteiger partial charge in [-0.2, -0.15) is 0 Å². The van der Waals surface area contributed by atoms with Gasteiger partial charge in [0.25, 0.3) is 11.6 Å². The highest BCUT2D eigenvalue weighted by molar-refractivity contribution is 7.10. The van der Waals surface area contributed by atoms with Crippen molar-refractivity contribution in [1.29, 1.82) is 0 Å². The van der Waals surface area contributed by atoms with Gasteiger partial charge in [-0.1, -0.05) is 6.07 Å². The first kappa shape index (κ1) is 20.2. The molecule has 0 saturated carbocycles. The molecule has 0 aliphatic rings. The lowest BCUT2D eigenvalue weighted by molar-refractivity contribution is -0.385. The van der Waals surface area contributed by atoms with E-state index in [1.807, 2.05) is 17.5 Å². The summed E-state index contributed by atoms with van der Waals surface area (Å²) < 4.78 is 15.0. The van der Waals surface area contributed by atoms with Crippen molar-refractivity contribution in [3.8, 4) is 11.5 Å². The second-order valence-corrected chi connectivity index (χ2v) is 6.34. The minimum absolute atomic E-state index is 0.100. The van der Waals surface area contributed by atoms with Crippen LogP contribution < -0.4 is 14.8 Å².